The molecular formula is C11H11Br2NO3S. The van der Waals surface area contributed by atoms with Crippen molar-refractivity contribution in [3.63, 3.8) is 0 Å². The van der Waals surface area contributed by atoms with E-state index in [-0.39, 0.29) is 17.4 Å². The summed E-state index contributed by atoms with van der Waals surface area (Å²) in [5.74, 6) is -0.998. The summed E-state index contributed by atoms with van der Waals surface area (Å²) in [7, 11) is 0. The summed E-state index contributed by atoms with van der Waals surface area (Å²) in [6.07, 6.45) is 0. The molecule has 1 amide bonds. The van der Waals surface area contributed by atoms with E-state index in [2.05, 4.69) is 37.2 Å². The van der Waals surface area contributed by atoms with Gasteiger partial charge in [0, 0.05) is 15.5 Å². The lowest BCUT2D eigenvalue weighted by Gasteiger charge is -2.07. The summed E-state index contributed by atoms with van der Waals surface area (Å²) in [6, 6.07) is 5.71. The highest BCUT2D eigenvalue weighted by Gasteiger charge is 2.06. The maximum atomic E-state index is 11.4. The SMILES string of the molecule is O=C(O)CSCC(=O)NCc1cc(Br)ccc1Br. The van der Waals surface area contributed by atoms with Gasteiger partial charge < -0.3 is 10.4 Å². The molecule has 0 radical (unpaired) electrons. The fourth-order valence-electron chi connectivity index (χ4n) is 1.15. The molecule has 0 bridgehead atoms. The molecule has 0 atom stereocenters. The van der Waals surface area contributed by atoms with E-state index in [1.54, 1.807) is 0 Å². The zero-order valence-corrected chi connectivity index (χ0v) is 13.3. The van der Waals surface area contributed by atoms with Crippen molar-refractivity contribution in [2.75, 3.05) is 11.5 Å². The molecule has 0 spiro atoms. The van der Waals surface area contributed by atoms with Crippen molar-refractivity contribution in [1.82, 2.24) is 5.32 Å². The minimum Gasteiger partial charge on any atom is -0.481 e. The average Bonchev–Trinajstić information content (AvgIpc) is 2.30. The van der Waals surface area contributed by atoms with Gasteiger partial charge in [0.05, 0.1) is 11.5 Å². The number of thioether (sulfide) groups is 1. The Kier molecular flexibility index (Phi) is 6.73. The molecule has 0 aliphatic carbocycles. The van der Waals surface area contributed by atoms with E-state index in [1.165, 1.54) is 0 Å². The topological polar surface area (TPSA) is 66.4 Å². The second-order valence-corrected chi connectivity index (χ2v) is 6.15. The Bertz CT molecular complexity index is 454. The van der Waals surface area contributed by atoms with Gasteiger partial charge in [0.1, 0.15) is 0 Å². The van der Waals surface area contributed by atoms with Gasteiger partial charge >= 0.3 is 5.97 Å². The van der Waals surface area contributed by atoms with Crippen molar-refractivity contribution in [2.45, 2.75) is 6.54 Å². The van der Waals surface area contributed by atoms with Crippen LogP contribution in [0.15, 0.2) is 27.1 Å². The fourth-order valence-corrected chi connectivity index (χ4v) is 2.51. The van der Waals surface area contributed by atoms with Crippen LogP contribution in [0.2, 0.25) is 0 Å². The van der Waals surface area contributed by atoms with Crippen LogP contribution in [0.5, 0.6) is 0 Å². The number of hydrogen-bond acceptors (Lipinski definition) is 3. The molecule has 0 heterocycles. The van der Waals surface area contributed by atoms with Gasteiger partial charge in [0.2, 0.25) is 5.91 Å². The third-order valence-corrected chi connectivity index (χ3v) is 4.13. The van der Waals surface area contributed by atoms with Crippen LogP contribution < -0.4 is 5.32 Å². The number of rotatable bonds is 6. The van der Waals surface area contributed by atoms with Crippen LogP contribution in [0.25, 0.3) is 0 Å². The number of carbonyl (C=O) groups is 2. The van der Waals surface area contributed by atoms with Gasteiger partial charge in [-0.2, -0.15) is 0 Å². The summed E-state index contributed by atoms with van der Waals surface area (Å²) in [4.78, 5) is 21.7. The number of halogens is 2. The van der Waals surface area contributed by atoms with Crippen LogP contribution in [-0.2, 0) is 16.1 Å². The summed E-state index contributed by atoms with van der Waals surface area (Å²) >= 11 is 7.83. The number of benzene rings is 1. The average molecular weight is 397 g/mol. The predicted molar refractivity (Wildman–Crippen MR) is 78.6 cm³/mol. The van der Waals surface area contributed by atoms with Crippen LogP contribution in [0.3, 0.4) is 0 Å². The third-order valence-electron chi connectivity index (χ3n) is 1.94. The maximum absolute atomic E-state index is 11.4. The van der Waals surface area contributed by atoms with Gasteiger partial charge in [-0.25, -0.2) is 0 Å². The van der Waals surface area contributed by atoms with Crippen LogP contribution >= 0.6 is 43.6 Å². The molecule has 0 aliphatic heterocycles. The quantitative estimate of drug-likeness (QED) is 0.775. The standard InChI is InChI=1S/C11H11Br2NO3S/c12-8-1-2-9(13)7(3-8)4-14-10(15)5-18-6-11(16)17/h1-3H,4-6H2,(H,14,15)(H,16,17). The van der Waals surface area contributed by atoms with Gasteiger partial charge in [-0.1, -0.05) is 31.9 Å². The zero-order valence-electron chi connectivity index (χ0n) is 9.28. The highest BCUT2D eigenvalue weighted by Crippen LogP contribution is 2.21. The molecule has 7 heteroatoms. The summed E-state index contributed by atoms with van der Waals surface area (Å²) in [5.41, 5.74) is 0.959. The van der Waals surface area contributed by atoms with Crippen molar-refractivity contribution in [3.8, 4) is 0 Å². The van der Waals surface area contributed by atoms with E-state index < -0.39 is 5.97 Å². The number of nitrogens with one attached hydrogen (secondary N) is 1. The molecule has 2 N–H and O–H groups in total. The lowest BCUT2D eigenvalue weighted by molar-refractivity contribution is -0.133. The lowest BCUT2D eigenvalue weighted by Crippen LogP contribution is -2.25. The lowest BCUT2D eigenvalue weighted by atomic mass is 10.2. The highest BCUT2D eigenvalue weighted by molar-refractivity contribution is 9.11. The van der Waals surface area contributed by atoms with Crippen molar-refractivity contribution in [3.05, 3.63) is 32.7 Å². The molecule has 0 saturated carbocycles. The first-order valence-electron chi connectivity index (χ1n) is 4.99. The van der Waals surface area contributed by atoms with Crippen molar-refractivity contribution in [2.24, 2.45) is 0 Å². The Morgan fingerprint density at radius 1 is 1.28 bits per heavy atom. The van der Waals surface area contributed by atoms with E-state index >= 15 is 0 Å². The number of carboxylic acid groups (broad SMARTS) is 1. The Balaban J connectivity index is 2.38. The molecule has 98 valence electrons. The van der Waals surface area contributed by atoms with Gasteiger partial charge in [-0.05, 0) is 23.8 Å². The van der Waals surface area contributed by atoms with Crippen LogP contribution in [0.4, 0.5) is 0 Å². The van der Waals surface area contributed by atoms with Crippen LogP contribution in [-0.4, -0.2) is 28.5 Å². The summed E-state index contributed by atoms with van der Waals surface area (Å²) in [6.45, 7) is 0.409. The molecule has 1 rings (SSSR count). The van der Waals surface area contributed by atoms with Gasteiger partial charge in [0.15, 0.2) is 0 Å². The van der Waals surface area contributed by atoms with Gasteiger partial charge in [-0.3, -0.25) is 9.59 Å². The van der Waals surface area contributed by atoms with Gasteiger partial charge in [-0.15, -0.1) is 11.8 Å². The molecule has 0 unspecified atom stereocenters. The number of carbonyl (C=O) groups excluding carboxylic acids is 1. The second-order valence-electron chi connectivity index (χ2n) is 3.40. The highest BCUT2D eigenvalue weighted by atomic mass is 79.9. The van der Waals surface area contributed by atoms with E-state index in [9.17, 15) is 9.59 Å². The van der Waals surface area contributed by atoms with Gasteiger partial charge in [0.25, 0.3) is 0 Å². The molecule has 18 heavy (non-hydrogen) atoms. The summed E-state index contributed by atoms with van der Waals surface area (Å²) in [5, 5.41) is 11.2. The third kappa shape index (κ3) is 5.88. The number of amides is 1. The number of hydrogen-bond donors (Lipinski definition) is 2. The minimum atomic E-state index is -0.914. The Labute approximate surface area is 126 Å². The molecular weight excluding hydrogens is 386 g/mol. The van der Waals surface area contributed by atoms with Crippen molar-refractivity contribution in [1.29, 1.82) is 0 Å². The predicted octanol–water partition coefficient (Wildman–Crippen LogP) is 2.65. The normalized spacial score (nSPS) is 10.1. The van der Waals surface area contributed by atoms with Crippen molar-refractivity contribution < 1.29 is 14.7 Å². The first kappa shape index (κ1) is 15.5. The summed E-state index contributed by atoms with van der Waals surface area (Å²) < 4.78 is 1.86. The Morgan fingerprint density at radius 3 is 2.67 bits per heavy atom. The molecule has 0 aromatic heterocycles. The molecule has 0 fully saturated rings. The molecule has 1 aromatic carbocycles. The first-order chi connectivity index (χ1) is 8.49. The number of aliphatic carboxylic acids is 1. The minimum absolute atomic E-state index is 0.0615. The smallest absolute Gasteiger partial charge is 0.313 e. The maximum Gasteiger partial charge on any atom is 0.313 e. The Morgan fingerprint density at radius 2 is 2.00 bits per heavy atom. The zero-order chi connectivity index (χ0) is 13.5. The van der Waals surface area contributed by atoms with Crippen LogP contribution in [0, 0.1) is 0 Å². The molecule has 1 aromatic rings. The fraction of sp³-hybridized carbons (Fsp3) is 0.273. The molecule has 0 aliphatic rings. The van der Waals surface area contributed by atoms with E-state index in [0.717, 1.165) is 26.3 Å². The van der Waals surface area contributed by atoms with E-state index in [4.69, 9.17) is 5.11 Å². The first-order valence-corrected chi connectivity index (χ1v) is 7.73. The number of carboxylic acids is 1. The second kappa shape index (κ2) is 7.81. The van der Waals surface area contributed by atoms with E-state index in [1.807, 2.05) is 18.2 Å². The van der Waals surface area contributed by atoms with E-state index in [0.29, 0.717) is 6.54 Å². The Hall–Kier alpha value is -0.530. The molecule has 4 nitrogen and oxygen atoms in total. The largest absolute Gasteiger partial charge is 0.481 e. The molecule has 0 saturated heterocycles. The monoisotopic (exact) mass is 395 g/mol. The van der Waals surface area contributed by atoms with Crippen LogP contribution in [0.1, 0.15) is 5.56 Å². The van der Waals surface area contributed by atoms with Crippen molar-refractivity contribution >= 4 is 55.5 Å².